The first-order valence-corrected chi connectivity index (χ1v) is 10.1. The molecule has 1 aliphatic rings. The molecular weight excluding hydrogens is 401 g/mol. The molecule has 3 rings (SSSR count). The molecule has 0 aliphatic carbocycles. The number of piperidine rings is 1. The van der Waals surface area contributed by atoms with Crippen LogP contribution in [0.4, 0.5) is 13.2 Å². The van der Waals surface area contributed by atoms with Gasteiger partial charge in [0, 0.05) is 30.2 Å². The van der Waals surface area contributed by atoms with Gasteiger partial charge in [0.05, 0.1) is 5.56 Å². The minimum atomic E-state index is -4.37. The number of carbonyl (C=O) groups is 1. The normalized spacial score (nSPS) is 15.3. The Morgan fingerprint density at radius 1 is 0.966 bits per heavy atom. The van der Waals surface area contributed by atoms with Gasteiger partial charge in [-0.15, -0.1) is 0 Å². The number of alkyl halides is 3. The fourth-order valence-corrected chi connectivity index (χ4v) is 3.62. The fourth-order valence-electron chi connectivity index (χ4n) is 3.49. The van der Waals surface area contributed by atoms with E-state index in [1.54, 1.807) is 29.2 Å². The van der Waals surface area contributed by atoms with E-state index in [9.17, 15) is 18.0 Å². The van der Waals surface area contributed by atoms with Gasteiger partial charge in [-0.1, -0.05) is 30.2 Å². The zero-order valence-electron chi connectivity index (χ0n) is 16.1. The second-order valence-electron chi connectivity index (χ2n) is 7.33. The molecule has 0 atom stereocenters. The molecule has 0 unspecified atom stereocenters. The Morgan fingerprint density at radius 3 is 2.17 bits per heavy atom. The Hall–Kier alpha value is -2.05. The molecule has 3 nitrogen and oxygen atoms in total. The maximum atomic E-state index is 13.0. The smallest absolute Gasteiger partial charge is 0.333 e. The van der Waals surface area contributed by atoms with E-state index < -0.39 is 11.7 Å². The lowest BCUT2D eigenvalue weighted by molar-refractivity contribution is -0.137. The topological polar surface area (TPSA) is 23.6 Å². The fraction of sp³-hybridized carbons (Fsp3) is 0.409. The molecule has 0 saturated carbocycles. The Bertz CT molecular complexity index is 800. The summed E-state index contributed by atoms with van der Waals surface area (Å²) in [5.41, 5.74) is 0.490. The first-order chi connectivity index (χ1) is 13.8. The van der Waals surface area contributed by atoms with E-state index in [0.717, 1.165) is 44.6 Å². The molecule has 156 valence electrons. The number of halogens is 4. The van der Waals surface area contributed by atoms with Crippen molar-refractivity contribution in [3.63, 3.8) is 0 Å². The molecule has 1 saturated heterocycles. The molecule has 2 aromatic carbocycles. The Balaban J connectivity index is 1.74. The molecule has 29 heavy (non-hydrogen) atoms. The van der Waals surface area contributed by atoms with Gasteiger partial charge in [-0.05, 0) is 67.9 Å². The summed E-state index contributed by atoms with van der Waals surface area (Å²) in [6, 6.07) is 11.7. The Morgan fingerprint density at radius 2 is 1.59 bits per heavy atom. The van der Waals surface area contributed by atoms with E-state index in [2.05, 4.69) is 4.90 Å². The lowest BCUT2D eigenvalue weighted by Crippen LogP contribution is -2.40. The van der Waals surface area contributed by atoms with Gasteiger partial charge in [0.1, 0.15) is 0 Å². The van der Waals surface area contributed by atoms with Crippen molar-refractivity contribution in [2.24, 2.45) is 0 Å². The number of rotatable bonds is 6. The Kier molecular flexibility index (Phi) is 7.19. The third kappa shape index (κ3) is 6.21. The van der Waals surface area contributed by atoms with Gasteiger partial charge in [-0.3, -0.25) is 4.79 Å². The minimum Gasteiger partial charge on any atom is -0.333 e. The summed E-state index contributed by atoms with van der Waals surface area (Å²) in [6.45, 7) is 3.56. The van der Waals surface area contributed by atoms with Crippen molar-refractivity contribution >= 4 is 17.5 Å². The van der Waals surface area contributed by atoms with E-state index in [-0.39, 0.29) is 12.5 Å². The summed E-state index contributed by atoms with van der Waals surface area (Å²) in [6.07, 6.45) is -0.824. The highest BCUT2D eigenvalue weighted by atomic mass is 35.5. The van der Waals surface area contributed by atoms with E-state index in [4.69, 9.17) is 11.6 Å². The van der Waals surface area contributed by atoms with E-state index in [1.165, 1.54) is 18.6 Å². The van der Waals surface area contributed by atoms with Gasteiger partial charge in [0.2, 0.25) is 0 Å². The summed E-state index contributed by atoms with van der Waals surface area (Å²) in [7, 11) is 0. The van der Waals surface area contributed by atoms with Gasteiger partial charge < -0.3 is 9.80 Å². The highest BCUT2D eigenvalue weighted by Crippen LogP contribution is 2.29. The Labute approximate surface area is 174 Å². The molecule has 1 aliphatic heterocycles. The highest BCUT2D eigenvalue weighted by molar-refractivity contribution is 6.30. The number of carbonyl (C=O) groups excluding carboxylic acids is 1. The molecule has 0 aromatic heterocycles. The van der Waals surface area contributed by atoms with Crippen LogP contribution in [0.2, 0.25) is 5.02 Å². The molecule has 0 N–H and O–H groups in total. The SMILES string of the molecule is O=C(c1ccc(Cl)cc1)N(CCN1CCCCC1)Cc1ccc(C(F)(F)F)cc1. The molecule has 1 amide bonds. The molecule has 0 bridgehead atoms. The summed E-state index contributed by atoms with van der Waals surface area (Å²) < 4.78 is 38.4. The quantitative estimate of drug-likeness (QED) is 0.612. The van der Waals surface area contributed by atoms with Gasteiger partial charge in [-0.2, -0.15) is 13.2 Å². The molecule has 1 heterocycles. The maximum absolute atomic E-state index is 13.0. The van der Waals surface area contributed by atoms with E-state index in [0.29, 0.717) is 22.7 Å². The molecule has 0 spiro atoms. The molecule has 2 aromatic rings. The highest BCUT2D eigenvalue weighted by Gasteiger charge is 2.30. The van der Waals surface area contributed by atoms with Crippen molar-refractivity contribution in [1.29, 1.82) is 0 Å². The number of likely N-dealkylation sites (tertiary alicyclic amines) is 1. The molecule has 0 radical (unpaired) electrons. The van der Waals surface area contributed by atoms with Gasteiger partial charge in [0.15, 0.2) is 0 Å². The molecule has 1 fully saturated rings. The number of benzene rings is 2. The minimum absolute atomic E-state index is 0.154. The van der Waals surface area contributed by atoms with Crippen LogP contribution in [0.25, 0.3) is 0 Å². The van der Waals surface area contributed by atoms with Gasteiger partial charge in [0.25, 0.3) is 5.91 Å². The van der Waals surface area contributed by atoms with Crippen LogP contribution in [-0.4, -0.2) is 41.9 Å². The average Bonchev–Trinajstić information content (AvgIpc) is 2.71. The van der Waals surface area contributed by atoms with Crippen LogP contribution < -0.4 is 0 Å². The summed E-state index contributed by atoms with van der Waals surface area (Å²) in [5.74, 6) is -0.154. The van der Waals surface area contributed by atoms with E-state index in [1.807, 2.05) is 0 Å². The summed E-state index contributed by atoms with van der Waals surface area (Å²) >= 11 is 5.92. The number of amides is 1. The van der Waals surface area contributed by atoms with Gasteiger partial charge in [-0.25, -0.2) is 0 Å². The van der Waals surface area contributed by atoms with Crippen LogP contribution in [0.3, 0.4) is 0 Å². The zero-order chi connectivity index (χ0) is 20.9. The number of hydrogen-bond acceptors (Lipinski definition) is 2. The lowest BCUT2D eigenvalue weighted by atomic mass is 10.1. The second kappa shape index (κ2) is 9.63. The monoisotopic (exact) mass is 424 g/mol. The molecule has 7 heteroatoms. The first kappa shape index (κ1) is 21.7. The molecular formula is C22H24ClF3N2O. The zero-order valence-corrected chi connectivity index (χ0v) is 16.8. The van der Waals surface area contributed by atoms with Crippen molar-refractivity contribution in [2.75, 3.05) is 26.2 Å². The largest absolute Gasteiger partial charge is 0.416 e. The van der Waals surface area contributed by atoms with Gasteiger partial charge >= 0.3 is 6.18 Å². The summed E-state index contributed by atoms with van der Waals surface area (Å²) in [4.78, 5) is 17.1. The lowest BCUT2D eigenvalue weighted by Gasteiger charge is -2.30. The average molecular weight is 425 g/mol. The van der Waals surface area contributed by atoms with Crippen LogP contribution in [-0.2, 0) is 12.7 Å². The number of nitrogens with zero attached hydrogens (tertiary/aromatic N) is 2. The maximum Gasteiger partial charge on any atom is 0.416 e. The third-order valence-corrected chi connectivity index (χ3v) is 5.42. The van der Waals surface area contributed by atoms with Crippen molar-refractivity contribution < 1.29 is 18.0 Å². The van der Waals surface area contributed by atoms with Crippen molar-refractivity contribution in [3.8, 4) is 0 Å². The summed E-state index contributed by atoms with van der Waals surface area (Å²) in [5, 5.41) is 0.546. The van der Waals surface area contributed by atoms with Crippen LogP contribution in [0.5, 0.6) is 0 Å². The van der Waals surface area contributed by atoms with Crippen LogP contribution in [0.1, 0.15) is 40.7 Å². The van der Waals surface area contributed by atoms with Crippen molar-refractivity contribution in [1.82, 2.24) is 9.80 Å². The number of hydrogen-bond donors (Lipinski definition) is 0. The van der Waals surface area contributed by atoms with Crippen LogP contribution >= 0.6 is 11.6 Å². The van der Waals surface area contributed by atoms with Crippen molar-refractivity contribution in [2.45, 2.75) is 32.0 Å². The standard InChI is InChI=1S/C22H24ClF3N2O/c23-20-10-6-18(7-11-20)21(29)28(15-14-27-12-2-1-3-13-27)16-17-4-8-19(9-5-17)22(24,25)26/h4-11H,1-3,12-16H2. The predicted octanol–water partition coefficient (Wildman–Crippen LogP) is 5.49. The predicted molar refractivity (Wildman–Crippen MR) is 108 cm³/mol. The first-order valence-electron chi connectivity index (χ1n) is 9.76. The van der Waals surface area contributed by atoms with E-state index >= 15 is 0 Å². The van der Waals surface area contributed by atoms with Crippen LogP contribution in [0, 0.1) is 0 Å². The second-order valence-corrected chi connectivity index (χ2v) is 7.77. The third-order valence-electron chi connectivity index (χ3n) is 5.17. The van der Waals surface area contributed by atoms with Crippen molar-refractivity contribution in [3.05, 3.63) is 70.2 Å². The van der Waals surface area contributed by atoms with Crippen LogP contribution in [0.15, 0.2) is 48.5 Å².